The van der Waals surface area contributed by atoms with Crippen LogP contribution in [0.15, 0.2) is 16.8 Å². The highest BCUT2D eigenvalue weighted by Gasteiger charge is 2.47. The Labute approximate surface area is 85.2 Å². The molecule has 0 radical (unpaired) electrons. The van der Waals surface area contributed by atoms with Crippen molar-refractivity contribution in [3.8, 4) is 0 Å². The van der Waals surface area contributed by atoms with Crippen molar-refractivity contribution in [3.05, 3.63) is 11.8 Å². The lowest BCUT2D eigenvalue weighted by atomic mass is 9.67. The third kappa shape index (κ3) is 1.35. The molecule has 6 N–H and O–H groups in total. The van der Waals surface area contributed by atoms with E-state index in [1.807, 2.05) is 26.8 Å². The molecular formula is C10H20N4. The molecule has 1 heterocycles. The molecule has 0 unspecified atom stereocenters. The van der Waals surface area contributed by atoms with Gasteiger partial charge >= 0.3 is 0 Å². The van der Waals surface area contributed by atoms with Gasteiger partial charge in [0.25, 0.3) is 0 Å². The summed E-state index contributed by atoms with van der Waals surface area (Å²) >= 11 is 0. The number of nitrogens with zero attached hydrogens (tertiary/aromatic N) is 1. The predicted molar refractivity (Wildman–Crippen MR) is 60.0 cm³/mol. The summed E-state index contributed by atoms with van der Waals surface area (Å²) in [5.74, 6) is 0. The topological polar surface area (TPSA) is 90.4 Å². The van der Waals surface area contributed by atoms with Crippen molar-refractivity contribution in [2.75, 3.05) is 13.1 Å². The van der Waals surface area contributed by atoms with Gasteiger partial charge in [-0.3, -0.25) is 4.99 Å². The van der Waals surface area contributed by atoms with E-state index in [2.05, 4.69) is 4.99 Å². The molecule has 4 nitrogen and oxygen atoms in total. The molecular weight excluding hydrogens is 176 g/mol. The number of rotatable bonds is 2. The van der Waals surface area contributed by atoms with Gasteiger partial charge in [0.2, 0.25) is 0 Å². The summed E-state index contributed by atoms with van der Waals surface area (Å²) in [6.45, 7) is 6.84. The Morgan fingerprint density at radius 3 is 2.14 bits per heavy atom. The minimum Gasteiger partial charge on any atom is -0.401 e. The number of hydrogen-bond donors (Lipinski definition) is 3. The van der Waals surface area contributed by atoms with Crippen molar-refractivity contribution < 1.29 is 0 Å². The fourth-order valence-corrected chi connectivity index (χ4v) is 2.12. The molecule has 0 aromatic heterocycles. The number of allylic oxidation sites excluding steroid dienone is 1. The lowest BCUT2D eigenvalue weighted by Gasteiger charge is -2.45. The highest BCUT2D eigenvalue weighted by Crippen LogP contribution is 2.40. The number of dihydropyridines is 1. The van der Waals surface area contributed by atoms with Gasteiger partial charge in [0.15, 0.2) is 0 Å². The first-order valence-electron chi connectivity index (χ1n) is 4.84. The second-order valence-electron chi connectivity index (χ2n) is 4.40. The molecule has 1 rings (SSSR count). The van der Waals surface area contributed by atoms with Crippen LogP contribution in [0.5, 0.6) is 0 Å². The van der Waals surface area contributed by atoms with Crippen LogP contribution in [0, 0.1) is 5.41 Å². The van der Waals surface area contributed by atoms with Crippen molar-refractivity contribution in [1.29, 1.82) is 0 Å². The van der Waals surface area contributed by atoms with Crippen LogP contribution >= 0.6 is 0 Å². The minimum absolute atomic E-state index is 0.320. The third-order valence-electron chi connectivity index (χ3n) is 3.24. The monoisotopic (exact) mass is 196 g/mol. The summed E-state index contributed by atoms with van der Waals surface area (Å²) in [5, 5.41) is 0. The lowest BCUT2D eigenvalue weighted by molar-refractivity contribution is 0.214. The summed E-state index contributed by atoms with van der Waals surface area (Å²) in [6, 6.07) is 0. The van der Waals surface area contributed by atoms with Crippen molar-refractivity contribution in [2.24, 2.45) is 27.6 Å². The average molecular weight is 196 g/mol. The minimum atomic E-state index is -0.396. The molecule has 0 spiro atoms. The second kappa shape index (κ2) is 3.37. The fraction of sp³-hybridized carbons (Fsp3) is 0.700. The molecule has 0 atom stereocenters. The van der Waals surface area contributed by atoms with Gasteiger partial charge in [0.05, 0.1) is 11.0 Å². The Hall–Kier alpha value is -0.870. The largest absolute Gasteiger partial charge is 0.401 e. The number of nitrogens with two attached hydrogens (primary N) is 3. The van der Waals surface area contributed by atoms with Gasteiger partial charge in [-0.25, -0.2) is 0 Å². The Bertz CT molecular complexity index is 284. The maximum Gasteiger partial charge on any atom is 0.0689 e. The van der Waals surface area contributed by atoms with E-state index in [1.165, 1.54) is 0 Å². The fourth-order valence-electron chi connectivity index (χ4n) is 2.12. The highest BCUT2D eigenvalue weighted by atomic mass is 15.0. The van der Waals surface area contributed by atoms with Crippen LogP contribution in [0.4, 0.5) is 0 Å². The maximum atomic E-state index is 6.02. The third-order valence-corrected chi connectivity index (χ3v) is 3.24. The van der Waals surface area contributed by atoms with E-state index in [4.69, 9.17) is 17.2 Å². The molecule has 0 amide bonds. The van der Waals surface area contributed by atoms with Gasteiger partial charge < -0.3 is 17.2 Å². The van der Waals surface area contributed by atoms with E-state index in [0.29, 0.717) is 13.1 Å². The van der Waals surface area contributed by atoms with Gasteiger partial charge in [0, 0.05) is 24.5 Å². The molecule has 0 aromatic rings. The summed E-state index contributed by atoms with van der Waals surface area (Å²) < 4.78 is 0. The van der Waals surface area contributed by atoms with Crippen LogP contribution < -0.4 is 17.2 Å². The summed E-state index contributed by atoms with van der Waals surface area (Å²) in [4.78, 5) is 4.56. The summed E-state index contributed by atoms with van der Waals surface area (Å²) in [7, 11) is 0. The van der Waals surface area contributed by atoms with Crippen molar-refractivity contribution in [3.63, 3.8) is 0 Å². The smallest absolute Gasteiger partial charge is 0.0689 e. The quantitative estimate of drug-likeness (QED) is 0.580. The van der Waals surface area contributed by atoms with Crippen molar-refractivity contribution in [1.82, 2.24) is 0 Å². The van der Waals surface area contributed by atoms with E-state index < -0.39 is 5.41 Å². The van der Waals surface area contributed by atoms with Crippen molar-refractivity contribution >= 4 is 5.71 Å². The van der Waals surface area contributed by atoms with Crippen molar-refractivity contribution in [2.45, 2.75) is 26.3 Å². The zero-order valence-electron chi connectivity index (χ0n) is 9.17. The van der Waals surface area contributed by atoms with E-state index in [0.717, 1.165) is 11.4 Å². The van der Waals surface area contributed by atoms with E-state index in [9.17, 15) is 0 Å². The Kier molecular flexibility index (Phi) is 2.69. The van der Waals surface area contributed by atoms with E-state index in [1.54, 1.807) is 0 Å². The first kappa shape index (κ1) is 11.2. The molecule has 1 aliphatic heterocycles. The van der Waals surface area contributed by atoms with Gasteiger partial charge in [0.1, 0.15) is 0 Å². The highest BCUT2D eigenvalue weighted by molar-refractivity contribution is 5.94. The molecule has 0 saturated heterocycles. The summed E-state index contributed by atoms with van der Waals surface area (Å²) in [5.41, 5.74) is 18.6. The Balaban J connectivity index is 3.25. The van der Waals surface area contributed by atoms with Crippen LogP contribution in [0.3, 0.4) is 0 Å². The predicted octanol–water partition coefficient (Wildman–Crippen LogP) is -0.0141. The van der Waals surface area contributed by atoms with Crippen LogP contribution in [-0.4, -0.2) is 24.3 Å². The molecule has 14 heavy (non-hydrogen) atoms. The van der Waals surface area contributed by atoms with E-state index >= 15 is 0 Å². The molecule has 0 bridgehead atoms. The Morgan fingerprint density at radius 1 is 1.29 bits per heavy atom. The number of aliphatic imine (C=N–C) groups is 1. The van der Waals surface area contributed by atoms with Gasteiger partial charge in [-0.1, -0.05) is 0 Å². The molecule has 4 heteroatoms. The van der Waals surface area contributed by atoms with Crippen LogP contribution in [-0.2, 0) is 0 Å². The van der Waals surface area contributed by atoms with E-state index in [-0.39, 0.29) is 5.54 Å². The van der Waals surface area contributed by atoms with Crippen LogP contribution in [0.2, 0.25) is 0 Å². The Morgan fingerprint density at radius 2 is 1.79 bits per heavy atom. The van der Waals surface area contributed by atoms with Crippen LogP contribution in [0.25, 0.3) is 0 Å². The molecule has 0 aromatic carbocycles. The lowest BCUT2D eigenvalue weighted by Crippen LogP contribution is -2.57. The zero-order valence-corrected chi connectivity index (χ0v) is 9.17. The first-order chi connectivity index (χ1) is 6.39. The standard InChI is InChI=1S/C10H20N4/c1-7-4-8(13)10(5-11,6-12)9(2,3)14-7/h4H,5-6,11-13H2,1-3H3. The molecule has 80 valence electrons. The SMILES string of the molecule is CC1=NC(C)(C)C(CN)(CN)C(N)=C1. The maximum absolute atomic E-state index is 6.02. The second-order valence-corrected chi connectivity index (χ2v) is 4.40. The summed E-state index contributed by atoms with van der Waals surface area (Å²) in [6.07, 6.45) is 1.87. The van der Waals surface area contributed by atoms with Gasteiger partial charge in [-0.2, -0.15) is 0 Å². The molecule has 1 aliphatic rings. The van der Waals surface area contributed by atoms with Gasteiger partial charge in [-0.15, -0.1) is 0 Å². The number of hydrogen-bond acceptors (Lipinski definition) is 4. The molecule has 0 fully saturated rings. The normalized spacial score (nSPS) is 24.1. The zero-order chi connectivity index (χ0) is 11.0. The first-order valence-corrected chi connectivity index (χ1v) is 4.84. The average Bonchev–Trinajstić information content (AvgIpc) is 2.03. The molecule has 0 saturated carbocycles. The molecule has 0 aliphatic carbocycles. The van der Waals surface area contributed by atoms with Crippen LogP contribution in [0.1, 0.15) is 20.8 Å². The van der Waals surface area contributed by atoms with Gasteiger partial charge in [-0.05, 0) is 26.8 Å².